The van der Waals surface area contributed by atoms with Crippen LogP contribution in [0, 0.1) is 0 Å². The fourth-order valence-corrected chi connectivity index (χ4v) is 4.88. The van der Waals surface area contributed by atoms with Crippen LogP contribution in [0.2, 0.25) is 10.0 Å². The Balaban J connectivity index is 2.36. The van der Waals surface area contributed by atoms with Gasteiger partial charge in [0.25, 0.3) is 0 Å². The zero-order chi connectivity index (χ0) is 15.0. The third kappa shape index (κ3) is 3.38. The van der Waals surface area contributed by atoms with Gasteiger partial charge in [-0.15, -0.1) is 0 Å². The summed E-state index contributed by atoms with van der Waals surface area (Å²) < 4.78 is 32.9. The molecular formula is C12H16Cl2N2O3S. The second-order valence-corrected chi connectivity index (χ2v) is 7.57. The molecule has 2 rings (SSSR count). The lowest BCUT2D eigenvalue weighted by Crippen LogP contribution is -2.51. The van der Waals surface area contributed by atoms with E-state index in [4.69, 9.17) is 33.7 Å². The lowest BCUT2D eigenvalue weighted by atomic mass is 9.97. The number of nitrogens with one attached hydrogen (secondary N) is 1. The summed E-state index contributed by atoms with van der Waals surface area (Å²) in [5.41, 5.74) is 5.23. The van der Waals surface area contributed by atoms with Crippen LogP contribution in [-0.2, 0) is 14.8 Å². The molecule has 1 atom stereocenters. The first-order valence-corrected chi connectivity index (χ1v) is 8.34. The molecule has 0 bridgehead atoms. The predicted octanol–water partition coefficient (Wildman–Crippen LogP) is 2.42. The van der Waals surface area contributed by atoms with E-state index in [9.17, 15) is 8.42 Å². The normalized spacial score (nSPS) is 23.8. The van der Waals surface area contributed by atoms with Crippen LogP contribution in [0.1, 0.15) is 19.8 Å². The first kappa shape index (κ1) is 15.9. The molecule has 1 aromatic carbocycles. The molecule has 5 nitrogen and oxygen atoms in total. The second kappa shape index (κ2) is 5.69. The van der Waals surface area contributed by atoms with Gasteiger partial charge in [0.15, 0.2) is 0 Å². The van der Waals surface area contributed by atoms with E-state index in [0.717, 1.165) is 6.42 Å². The van der Waals surface area contributed by atoms with Gasteiger partial charge in [-0.3, -0.25) is 0 Å². The van der Waals surface area contributed by atoms with Crippen molar-refractivity contribution in [2.45, 2.75) is 30.2 Å². The molecule has 0 spiro atoms. The van der Waals surface area contributed by atoms with E-state index in [1.54, 1.807) is 6.92 Å². The SMILES string of the molecule is CC1(NS(=O)(=O)c2c(Cl)cc(N)cc2Cl)CCCOC1. The molecule has 8 heteroatoms. The third-order valence-corrected chi connectivity index (χ3v) is 5.67. The van der Waals surface area contributed by atoms with Crippen LogP contribution in [0.15, 0.2) is 17.0 Å². The molecule has 0 amide bonds. The number of rotatable bonds is 3. The van der Waals surface area contributed by atoms with Crippen LogP contribution in [-0.4, -0.2) is 27.2 Å². The van der Waals surface area contributed by atoms with E-state index in [0.29, 0.717) is 25.3 Å². The largest absolute Gasteiger partial charge is 0.399 e. The maximum Gasteiger partial charge on any atom is 0.244 e. The molecule has 1 aliphatic rings. The molecule has 0 aromatic heterocycles. The molecule has 20 heavy (non-hydrogen) atoms. The number of anilines is 1. The minimum atomic E-state index is -3.85. The van der Waals surface area contributed by atoms with Crippen LogP contribution in [0.5, 0.6) is 0 Å². The molecule has 0 aliphatic carbocycles. The van der Waals surface area contributed by atoms with Crippen molar-refractivity contribution in [2.24, 2.45) is 0 Å². The zero-order valence-corrected chi connectivity index (χ0v) is 13.3. The summed E-state index contributed by atoms with van der Waals surface area (Å²) in [6.45, 7) is 2.75. The fraction of sp³-hybridized carbons (Fsp3) is 0.500. The first-order valence-electron chi connectivity index (χ1n) is 6.10. The van der Waals surface area contributed by atoms with Gasteiger partial charge in [-0.25, -0.2) is 13.1 Å². The monoisotopic (exact) mass is 338 g/mol. The van der Waals surface area contributed by atoms with Gasteiger partial charge in [0.05, 0.1) is 22.2 Å². The van der Waals surface area contributed by atoms with Crippen molar-refractivity contribution < 1.29 is 13.2 Å². The molecule has 3 N–H and O–H groups in total. The fourth-order valence-electron chi connectivity index (χ4n) is 2.23. The molecule has 1 heterocycles. The van der Waals surface area contributed by atoms with Gasteiger partial charge in [0, 0.05) is 12.3 Å². The van der Waals surface area contributed by atoms with Gasteiger partial charge in [0.2, 0.25) is 10.0 Å². The van der Waals surface area contributed by atoms with Crippen LogP contribution in [0.3, 0.4) is 0 Å². The van der Waals surface area contributed by atoms with Crippen LogP contribution in [0.4, 0.5) is 5.69 Å². The topological polar surface area (TPSA) is 81.4 Å². The number of ether oxygens (including phenoxy) is 1. The average molecular weight is 339 g/mol. The summed E-state index contributed by atoms with van der Waals surface area (Å²) in [6, 6.07) is 2.73. The highest BCUT2D eigenvalue weighted by Crippen LogP contribution is 2.33. The summed E-state index contributed by atoms with van der Waals surface area (Å²) >= 11 is 11.9. The van der Waals surface area contributed by atoms with E-state index in [1.807, 2.05) is 0 Å². The summed E-state index contributed by atoms with van der Waals surface area (Å²) in [4.78, 5) is -0.151. The van der Waals surface area contributed by atoms with E-state index in [1.165, 1.54) is 12.1 Å². The molecule has 0 radical (unpaired) electrons. The van der Waals surface area contributed by atoms with Gasteiger partial charge in [-0.2, -0.15) is 0 Å². The Morgan fingerprint density at radius 1 is 1.35 bits per heavy atom. The molecular weight excluding hydrogens is 323 g/mol. The molecule has 0 saturated carbocycles. The van der Waals surface area contributed by atoms with E-state index < -0.39 is 15.6 Å². The highest BCUT2D eigenvalue weighted by Gasteiger charge is 2.34. The quantitative estimate of drug-likeness (QED) is 0.829. The Hall–Kier alpha value is -0.530. The first-order chi connectivity index (χ1) is 9.23. The lowest BCUT2D eigenvalue weighted by molar-refractivity contribution is 0.0386. The van der Waals surface area contributed by atoms with Crippen LogP contribution in [0.25, 0.3) is 0 Å². The number of nitrogen functional groups attached to an aromatic ring is 1. The number of hydrogen-bond donors (Lipinski definition) is 2. The number of halogens is 2. The maximum atomic E-state index is 12.5. The number of sulfonamides is 1. The van der Waals surface area contributed by atoms with Gasteiger partial charge in [0.1, 0.15) is 4.90 Å². The second-order valence-electron chi connectivity index (χ2n) is 5.14. The van der Waals surface area contributed by atoms with Crippen LogP contribution < -0.4 is 10.5 Å². The van der Waals surface area contributed by atoms with Gasteiger partial charge >= 0.3 is 0 Å². The summed E-state index contributed by atoms with van der Waals surface area (Å²) in [5.74, 6) is 0. The average Bonchev–Trinajstić information content (AvgIpc) is 2.25. The minimum absolute atomic E-state index is 0.00262. The molecule has 1 fully saturated rings. The summed E-state index contributed by atoms with van der Waals surface area (Å²) in [5, 5.41) is 0.00524. The van der Waals surface area contributed by atoms with E-state index >= 15 is 0 Å². The molecule has 1 saturated heterocycles. The Labute approximate surface area is 128 Å². The highest BCUT2D eigenvalue weighted by molar-refractivity contribution is 7.89. The van der Waals surface area contributed by atoms with Crippen molar-refractivity contribution in [3.8, 4) is 0 Å². The smallest absolute Gasteiger partial charge is 0.244 e. The minimum Gasteiger partial charge on any atom is -0.399 e. The van der Waals surface area contributed by atoms with Crippen molar-refractivity contribution in [3.05, 3.63) is 22.2 Å². The Morgan fingerprint density at radius 2 is 1.95 bits per heavy atom. The van der Waals surface area contributed by atoms with Crippen molar-refractivity contribution >= 4 is 38.9 Å². The van der Waals surface area contributed by atoms with Crippen molar-refractivity contribution in [3.63, 3.8) is 0 Å². The number of hydrogen-bond acceptors (Lipinski definition) is 4. The molecule has 1 aliphatic heterocycles. The Morgan fingerprint density at radius 3 is 2.45 bits per heavy atom. The molecule has 1 aromatic rings. The number of nitrogens with two attached hydrogens (primary N) is 1. The van der Waals surface area contributed by atoms with Crippen molar-refractivity contribution in [1.82, 2.24) is 4.72 Å². The highest BCUT2D eigenvalue weighted by atomic mass is 35.5. The standard InChI is InChI=1S/C12H16Cl2N2O3S/c1-12(3-2-4-19-7-12)16-20(17,18)11-9(13)5-8(15)6-10(11)14/h5-6,16H,2-4,7,15H2,1H3. The Bertz CT molecular complexity index is 590. The maximum absolute atomic E-state index is 12.5. The van der Waals surface area contributed by atoms with E-state index in [2.05, 4.69) is 4.72 Å². The Kier molecular flexibility index (Phi) is 4.51. The zero-order valence-electron chi connectivity index (χ0n) is 10.9. The van der Waals surface area contributed by atoms with Gasteiger partial charge < -0.3 is 10.5 Å². The van der Waals surface area contributed by atoms with Crippen molar-refractivity contribution in [1.29, 1.82) is 0 Å². The van der Waals surface area contributed by atoms with E-state index in [-0.39, 0.29) is 14.9 Å². The van der Waals surface area contributed by atoms with Gasteiger partial charge in [-0.1, -0.05) is 23.2 Å². The van der Waals surface area contributed by atoms with Crippen molar-refractivity contribution in [2.75, 3.05) is 18.9 Å². The molecule has 1 unspecified atom stereocenters. The summed E-state index contributed by atoms with van der Waals surface area (Å²) in [7, 11) is -3.85. The molecule has 112 valence electrons. The van der Waals surface area contributed by atoms with Gasteiger partial charge in [-0.05, 0) is 31.9 Å². The lowest BCUT2D eigenvalue weighted by Gasteiger charge is -2.34. The predicted molar refractivity (Wildman–Crippen MR) is 79.7 cm³/mol. The number of benzene rings is 1. The summed E-state index contributed by atoms with van der Waals surface area (Å²) in [6.07, 6.45) is 1.48. The van der Waals surface area contributed by atoms with Crippen LogP contribution >= 0.6 is 23.2 Å². The third-order valence-electron chi connectivity index (χ3n) is 3.11.